The fraction of sp³-hybridized carbons (Fsp3) is 0.350. The maximum atomic E-state index is 12.5. The first-order valence-electron chi connectivity index (χ1n) is 9.26. The minimum Gasteiger partial charge on any atom is -0.490 e. The Balaban J connectivity index is 1.50. The van der Waals surface area contributed by atoms with Crippen LogP contribution < -0.4 is 19.7 Å². The van der Waals surface area contributed by atoms with Crippen molar-refractivity contribution in [3.8, 4) is 11.6 Å². The van der Waals surface area contributed by atoms with Gasteiger partial charge < -0.3 is 19.7 Å². The van der Waals surface area contributed by atoms with Crippen molar-refractivity contribution in [2.45, 2.75) is 25.6 Å². The van der Waals surface area contributed by atoms with Crippen LogP contribution >= 0.6 is 0 Å². The van der Waals surface area contributed by atoms with Crippen molar-refractivity contribution in [1.29, 1.82) is 0 Å². The van der Waals surface area contributed by atoms with E-state index in [1.54, 1.807) is 23.1 Å². The van der Waals surface area contributed by atoms with Gasteiger partial charge in [0.25, 0.3) is 0 Å². The van der Waals surface area contributed by atoms with E-state index in [0.29, 0.717) is 30.2 Å². The molecule has 1 aromatic carbocycles. The van der Waals surface area contributed by atoms with E-state index in [-0.39, 0.29) is 31.2 Å². The molecule has 160 valence electrons. The van der Waals surface area contributed by atoms with Crippen LogP contribution in [-0.4, -0.2) is 42.7 Å². The van der Waals surface area contributed by atoms with Gasteiger partial charge in [0.1, 0.15) is 12.4 Å². The Kier molecular flexibility index (Phi) is 6.76. The molecule has 1 aromatic heterocycles. The normalized spacial score (nSPS) is 13.2. The van der Waals surface area contributed by atoms with Gasteiger partial charge in [-0.15, -0.1) is 0 Å². The van der Waals surface area contributed by atoms with Crippen LogP contribution in [0.5, 0.6) is 11.6 Å². The number of hydrogen-bond donors (Lipinski definition) is 1. The highest BCUT2D eigenvalue weighted by Crippen LogP contribution is 2.31. The number of alkyl halides is 3. The fourth-order valence-electron chi connectivity index (χ4n) is 2.91. The molecule has 0 aliphatic carbocycles. The zero-order chi connectivity index (χ0) is 21.6. The lowest BCUT2D eigenvalue weighted by molar-refractivity contribution is -0.154. The summed E-state index contributed by atoms with van der Waals surface area (Å²) in [7, 11) is 0. The molecule has 0 saturated carbocycles. The van der Waals surface area contributed by atoms with Crippen LogP contribution in [0.25, 0.3) is 0 Å². The Morgan fingerprint density at radius 3 is 2.77 bits per heavy atom. The van der Waals surface area contributed by atoms with Gasteiger partial charge in [0.2, 0.25) is 17.7 Å². The van der Waals surface area contributed by atoms with Gasteiger partial charge in [-0.25, -0.2) is 4.98 Å². The van der Waals surface area contributed by atoms with Crippen LogP contribution in [0.3, 0.4) is 0 Å². The zero-order valence-corrected chi connectivity index (χ0v) is 15.9. The number of hydrogen-bond acceptors (Lipinski definition) is 5. The second-order valence-corrected chi connectivity index (χ2v) is 6.51. The second-order valence-electron chi connectivity index (χ2n) is 6.51. The third-order valence-electron chi connectivity index (χ3n) is 4.29. The molecule has 0 radical (unpaired) electrons. The fourth-order valence-corrected chi connectivity index (χ4v) is 2.91. The second kappa shape index (κ2) is 9.47. The Morgan fingerprint density at radius 1 is 1.17 bits per heavy atom. The molecule has 10 heteroatoms. The van der Waals surface area contributed by atoms with Crippen molar-refractivity contribution in [1.82, 2.24) is 10.3 Å². The van der Waals surface area contributed by atoms with E-state index in [1.165, 1.54) is 18.3 Å². The first kappa shape index (κ1) is 21.4. The number of fused-ring (bicyclic) bond motifs is 1. The lowest BCUT2D eigenvalue weighted by atomic mass is 10.2. The zero-order valence-electron chi connectivity index (χ0n) is 15.9. The van der Waals surface area contributed by atoms with Crippen LogP contribution in [0, 0.1) is 0 Å². The Morgan fingerprint density at radius 2 is 1.97 bits per heavy atom. The quantitative estimate of drug-likeness (QED) is 0.741. The van der Waals surface area contributed by atoms with E-state index < -0.39 is 18.7 Å². The number of amides is 2. The number of nitrogens with zero attached hydrogens (tertiary/aromatic N) is 2. The summed E-state index contributed by atoms with van der Waals surface area (Å²) in [4.78, 5) is 30.0. The number of pyridine rings is 1. The predicted octanol–water partition coefficient (Wildman–Crippen LogP) is 2.84. The molecule has 0 spiro atoms. The molecule has 2 aromatic rings. The molecular formula is C20H20F3N3O4. The SMILES string of the molecule is O=C(CCC(=O)N1CCOc2ccccc21)NCc1cccnc1OCC(F)(F)F. The summed E-state index contributed by atoms with van der Waals surface area (Å²) in [5, 5.41) is 2.58. The summed E-state index contributed by atoms with van der Waals surface area (Å²) in [5.74, 6) is -0.201. The van der Waals surface area contributed by atoms with E-state index in [9.17, 15) is 22.8 Å². The maximum absolute atomic E-state index is 12.5. The number of rotatable bonds is 7. The average Bonchev–Trinajstić information content (AvgIpc) is 2.74. The molecule has 3 rings (SSSR count). The number of para-hydroxylation sites is 2. The summed E-state index contributed by atoms with van der Waals surface area (Å²) in [6.45, 7) is -0.765. The summed E-state index contributed by atoms with van der Waals surface area (Å²) in [5.41, 5.74) is 0.972. The van der Waals surface area contributed by atoms with Crippen molar-refractivity contribution >= 4 is 17.5 Å². The molecule has 0 unspecified atom stereocenters. The summed E-state index contributed by atoms with van der Waals surface area (Å²) >= 11 is 0. The minimum atomic E-state index is -4.49. The van der Waals surface area contributed by atoms with E-state index in [0.717, 1.165) is 0 Å². The van der Waals surface area contributed by atoms with E-state index >= 15 is 0 Å². The highest BCUT2D eigenvalue weighted by molar-refractivity contribution is 5.97. The first-order valence-corrected chi connectivity index (χ1v) is 9.26. The molecule has 0 atom stereocenters. The van der Waals surface area contributed by atoms with E-state index in [4.69, 9.17) is 4.74 Å². The molecule has 1 aliphatic heterocycles. The van der Waals surface area contributed by atoms with Gasteiger partial charge in [-0.3, -0.25) is 9.59 Å². The number of benzene rings is 1. The third kappa shape index (κ3) is 5.85. The molecule has 1 aliphatic rings. The largest absolute Gasteiger partial charge is 0.490 e. The molecule has 0 saturated heterocycles. The van der Waals surface area contributed by atoms with Crippen molar-refractivity contribution in [2.24, 2.45) is 0 Å². The predicted molar refractivity (Wildman–Crippen MR) is 101 cm³/mol. The average molecular weight is 423 g/mol. The number of carbonyl (C=O) groups is 2. The van der Waals surface area contributed by atoms with Gasteiger partial charge >= 0.3 is 6.18 Å². The van der Waals surface area contributed by atoms with E-state index in [2.05, 4.69) is 15.0 Å². The molecule has 2 heterocycles. The number of nitrogens with one attached hydrogen (secondary N) is 1. The Labute approximate surface area is 170 Å². The molecule has 0 fully saturated rings. The van der Waals surface area contributed by atoms with Crippen LogP contribution in [-0.2, 0) is 16.1 Å². The van der Waals surface area contributed by atoms with Crippen molar-refractivity contribution in [2.75, 3.05) is 24.7 Å². The molecular weight excluding hydrogens is 403 g/mol. The van der Waals surface area contributed by atoms with Crippen LogP contribution in [0.1, 0.15) is 18.4 Å². The number of carbonyl (C=O) groups excluding carboxylic acids is 2. The van der Waals surface area contributed by atoms with Crippen LogP contribution in [0.4, 0.5) is 18.9 Å². The van der Waals surface area contributed by atoms with Crippen molar-refractivity contribution in [3.63, 3.8) is 0 Å². The highest BCUT2D eigenvalue weighted by Gasteiger charge is 2.29. The molecule has 2 amide bonds. The van der Waals surface area contributed by atoms with Gasteiger partial charge in [-0.05, 0) is 18.2 Å². The van der Waals surface area contributed by atoms with Gasteiger partial charge in [-0.2, -0.15) is 13.2 Å². The van der Waals surface area contributed by atoms with E-state index in [1.807, 2.05) is 6.07 Å². The topological polar surface area (TPSA) is 80.8 Å². The summed E-state index contributed by atoms with van der Waals surface area (Å²) < 4.78 is 47.2. The molecule has 1 N–H and O–H groups in total. The highest BCUT2D eigenvalue weighted by atomic mass is 19.4. The number of ether oxygens (including phenoxy) is 2. The number of halogens is 3. The summed E-state index contributed by atoms with van der Waals surface area (Å²) in [6.07, 6.45) is -3.26. The number of aromatic nitrogens is 1. The first-order chi connectivity index (χ1) is 14.3. The summed E-state index contributed by atoms with van der Waals surface area (Å²) in [6, 6.07) is 10.2. The van der Waals surface area contributed by atoms with Gasteiger partial charge in [0, 0.05) is 31.1 Å². The smallest absolute Gasteiger partial charge is 0.422 e. The molecule has 30 heavy (non-hydrogen) atoms. The van der Waals surface area contributed by atoms with Crippen molar-refractivity contribution < 1.29 is 32.2 Å². The lowest BCUT2D eigenvalue weighted by Crippen LogP contribution is -2.38. The van der Waals surface area contributed by atoms with Gasteiger partial charge in [0.05, 0.1) is 12.2 Å². The lowest BCUT2D eigenvalue weighted by Gasteiger charge is -2.29. The number of anilines is 1. The minimum absolute atomic E-state index is 0.00929. The molecule has 7 nitrogen and oxygen atoms in total. The van der Waals surface area contributed by atoms with Crippen LogP contribution in [0.15, 0.2) is 42.6 Å². The van der Waals surface area contributed by atoms with Crippen LogP contribution in [0.2, 0.25) is 0 Å². The Bertz CT molecular complexity index is 905. The third-order valence-corrected chi connectivity index (χ3v) is 4.29. The Hall–Kier alpha value is -3.30. The monoisotopic (exact) mass is 423 g/mol. The van der Waals surface area contributed by atoms with Gasteiger partial charge in [0.15, 0.2) is 6.61 Å². The van der Waals surface area contributed by atoms with Crippen molar-refractivity contribution in [3.05, 3.63) is 48.2 Å². The van der Waals surface area contributed by atoms with Gasteiger partial charge in [-0.1, -0.05) is 18.2 Å². The maximum Gasteiger partial charge on any atom is 0.422 e. The molecule has 0 bridgehead atoms. The standard InChI is InChI=1S/C20H20F3N3O4/c21-20(22,23)13-30-19-14(4-3-9-24-19)12-25-17(27)7-8-18(28)26-10-11-29-16-6-2-1-5-15(16)26/h1-6,9H,7-8,10-13H2,(H,25,27).